The predicted molar refractivity (Wildman–Crippen MR) is 87.3 cm³/mol. The maximum atomic E-state index is 12.5. The van der Waals surface area contributed by atoms with Gasteiger partial charge < -0.3 is 9.32 Å². The Balaban J connectivity index is 1.64. The second kappa shape index (κ2) is 6.17. The lowest BCUT2D eigenvalue weighted by molar-refractivity contribution is 0.0758. The maximum absolute atomic E-state index is 12.5. The average molecular weight is 334 g/mol. The molecule has 3 rings (SSSR count). The van der Waals surface area contributed by atoms with Gasteiger partial charge in [0.1, 0.15) is 5.58 Å². The van der Waals surface area contributed by atoms with Gasteiger partial charge in [0, 0.05) is 30.4 Å². The van der Waals surface area contributed by atoms with Crippen molar-refractivity contribution >= 4 is 26.9 Å². The van der Waals surface area contributed by atoms with Crippen molar-refractivity contribution in [2.45, 2.75) is 6.42 Å². The predicted octanol–water partition coefficient (Wildman–Crippen LogP) is 1.96. The molecule has 1 saturated heterocycles. The fraction of sp³-hybridized carbons (Fsp3) is 0.312. The molecule has 0 radical (unpaired) electrons. The second-order valence-electron chi connectivity index (χ2n) is 5.61. The Morgan fingerprint density at radius 2 is 2.22 bits per heavy atom. The van der Waals surface area contributed by atoms with E-state index in [1.807, 2.05) is 24.3 Å². The van der Waals surface area contributed by atoms with Crippen molar-refractivity contribution in [3.8, 4) is 0 Å². The third kappa shape index (κ3) is 3.46. The van der Waals surface area contributed by atoms with E-state index in [0.717, 1.165) is 17.2 Å². The van der Waals surface area contributed by atoms with Crippen LogP contribution in [0.5, 0.6) is 0 Å². The van der Waals surface area contributed by atoms with Crippen LogP contribution in [0.4, 0.5) is 0 Å². The minimum atomic E-state index is -3.42. The lowest BCUT2D eigenvalue weighted by Crippen LogP contribution is -2.32. The van der Waals surface area contributed by atoms with E-state index in [1.54, 1.807) is 11.0 Å². The molecule has 2 heterocycles. The van der Waals surface area contributed by atoms with Crippen LogP contribution in [0.2, 0.25) is 0 Å². The van der Waals surface area contributed by atoms with Crippen LogP contribution in [-0.2, 0) is 10.0 Å². The fourth-order valence-electron chi connectivity index (χ4n) is 2.72. The SMILES string of the molecule is C=CS(=O)(=O)NC[C@@H]1CCN(C(=O)c2cc3ccccc3o2)C1. The largest absolute Gasteiger partial charge is 0.451 e. The number of nitrogens with zero attached hydrogens (tertiary/aromatic N) is 1. The molecule has 1 aromatic carbocycles. The summed E-state index contributed by atoms with van der Waals surface area (Å²) in [7, 11) is -3.42. The first-order valence-corrected chi connectivity index (χ1v) is 8.93. The number of furan rings is 1. The van der Waals surface area contributed by atoms with Crippen molar-refractivity contribution in [1.82, 2.24) is 9.62 Å². The summed E-state index contributed by atoms with van der Waals surface area (Å²) in [6.45, 7) is 4.66. The van der Waals surface area contributed by atoms with E-state index in [-0.39, 0.29) is 11.8 Å². The fourth-order valence-corrected chi connectivity index (χ4v) is 3.31. The molecular formula is C16H18N2O4S. The first-order chi connectivity index (χ1) is 11.0. The van der Waals surface area contributed by atoms with Gasteiger partial charge in [0.15, 0.2) is 5.76 Å². The molecule has 1 N–H and O–H groups in total. The summed E-state index contributed by atoms with van der Waals surface area (Å²) >= 11 is 0. The molecule has 1 aromatic heterocycles. The Morgan fingerprint density at radius 1 is 1.43 bits per heavy atom. The number of hydrogen-bond acceptors (Lipinski definition) is 4. The van der Waals surface area contributed by atoms with Crippen molar-refractivity contribution in [3.63, 3.8) is 0 Å². The second-order valence-corrected chi connectivity index (χ2v) is 7.33. The lowest BCUT2D eigenvalue weighted by Gasteiger charge is -2.15. The van der Waals surface area contributed by atoms with E-state index in [4.69, 9.17) is 4.42 Å². The molecule has 23 heavy (non-hydrogen) atoms. The molecule has 1 aliphatic rings. The number of carbonyl (C=O) groups excluding carboxylic acids is 1. The molecule has 2 aromatic rings. The molecule has 1 atom stereocenters. The van der Waals surface area contributed by atoms with Crippen LogP contribution in [0, 0.1) is 5.92 Å². The number of sulfonamides is 1. The topological polar surface area (TPSA) is 79.6 Å². The molecule has 0 aliphatic carbocycles. The summed E-state index contributed by atoms with van der Waals surface area (Å²) in [6.07, 6.45) is 0.756. The zero-order valence-electron chi connectivity index (χ0n) is 12.6. The van der Waals surface area contributed by atoms with Gasteiger partial charge in [0.25, 0.3) is 5.91 Å². The van der Waals surface area contributed by atoms with Gasteiger partial charge in [0.2, 0.25) is 10.0 Å². The molecule has 7 heteroatoms. The highest BCUT2D eigenvalue weighted by Crippen LogP contribution is 2.23. The number of likely N-dealkylation sites (tertiary alicyclic amines) is 1. The Kier molecular flexibility index (Phi) is 4.23. The van der Waals surface area contributed by atoms with E-state index in [9.17, 15) is 13.2 Å². The minimum absolute atomic E-state index is 0.0954. The highest BCUT2D eigenvalue weighted by Gasteiger charge is 2.29. The quantitative estimate of drug-likeness (QED) is 0.906. The van der Waals surface area contributed by atoms with E-state index >= 15 is 0 Å². The number of benzene rings is 1. The normalized spacial score (nSPS) is 18.4. The Hall–Kier alpha value is -2.12. The standard InChI is InChI=1S/C16H18N2O4S/c1-2-23(20,21)17-10-12-7-8-18(11-12)16(19)15-9-13-5-3-4-6-14(13)22-15/h2-6,9,12,17H,1,7-8,10-11H2/t12-/m0/s1. The van der Waals surface area contributed by atoms with Gasteiger partial charge in [-0.2, -0.15) is 0 Å². The zero-order valence-corrected chi connectivity index (χ0v) is 13.4. The van der Waals surface area contributed by atoms with Crippen molar-refractivity contribution in [3.05, 3.63) is 48.1 Å². The average Bonchev–Trinajstić information content (AvgIpc) is 3.19. The molecule has 0 spiro atoms. The molecule has 0 bridgehead atoms. The number of nitrogens with one attached hydrogen (secondary N) is 1. The smallest absolute Gasteiger partial charge is 0.289 e. The van der Waals surface area contributed by atoms with Gasteiger partial charge in [-0.05, 0) is 24.5 Å². The van der Waals surface area contributed by atoms with Gasteiger partial charge in [-0.15, -0.1) is 0 Å². The van der Waals surface area contributed by atoms with Crippen molar-refractivity contribution in [1.29, 1.82) is 0 Å². The van der Waals surface area contributed by atoms with Crippen LogP contribution < -0.4 is 4.72 Å². The van der Waals surface area contributed by atoms with Crippen molar-refractivity contribution in [2.75, 3.05) is 19.6 Å². The summed E-state index contributed by atoms with van der Waals surface area (Å²) in [5, 5.41) is 1.78. The van der Waals surface area contributed by atoms with Crippen molar-refractivity contribution < 1.29 is 17.6 Å². The van der Waals surface area contributed by atoms with Gasteiger partial charge in [0.05, 0.1) is 0 Å². The number of fused-ring (bicyclic) bond motifs is 1. The summed E-state index contributed by atoms with van der Waals surface area (Å²) < 4.78 is 30.8. The molecule has 1 amide bonds. The van der Waals surface area contributed by atoms with Gasteiger partial charge >= 0.3 is 0 Å². The maximum Gasteiger partial charge on any atom is 0.289 e. The Morgan fingerprint density at radius 3 is 2.96 bits per heavy atom. The molecule has 122 valence electrons. The van der Waals surface area contributed by atoms with Crippen LogP contribution in [0.3, 0.4) is 0 Å². The van der Waals surface area contributed by atoms with Crippen molar-refractivity contribution in [2.24, 2.45) is 5.92 Å². The third-order valence-corrected chi connectivity index (χ3v) is 5.01. The summed E-state index contributed by atoms with van der Waals surface area (Å²) in [5.41, 5.74) is 0.685. The van der Waals surface area contributed by atoms with Crippen LogP contribution in [0.25, 0.3) is 11.0 Å². The van der Waals surface area contributed by atoms with E-state index in [1.165, 1.54) is 0 Å². The van der Waals surface area contributed by atoms with Gasteiger partial charge in [-0.25, -0.2) is 13.1 Å². The monoisotopic (exact) mass is 334 g/mol. The number of carbonyl (C=O) groups is 1. The van der Waals surface area contributed by atoms with Crippen LogP contribution in [-0.4, -0.2) is 38.9 Å². The van der Waals surface area contributed by atoms with E-state index < -0.39 is 10.0 Å². The summed E-state index contributed by atoms with van der Waals surface area (Å²) in [6, 6.07) is 9.21. The summed E-state index contributed by atoms with van der Waals surface area (Å²) in [5.74, 6) is 0.256. The molecule has 0 unspecified atom stereocenters. The molecule has 1 fully saturated rings. The highest BCUT2D eigenvalue weighted by molar-refractivity contribution is 7.92. The van der Waals surface area contributed by atoms with Crippen LogP contribution >= 0.6 is 0 Å². The number of hydrogen-bond donors (Lipinski definition) is 1. The Bertz CT molecular complexity index is 808. The summed E-state index contributed by atoms with van der Waals surface area (Å²) in [4.78, 5) is 14.2. The molecule has 6 nitrogen and oxygen atoms in total. The first kappa shape index (κ1) is 15.8. The molecular weight excluding hydrogens is 316 g/mol. The first-order valence-electron chi connectivity index (χ1n) is 7.38. The number of para-hydroxylation sites is 1. The number of rotatable bonds is 5. The molecule has 0 saturated carbocycles. The van der Waals surface area contributed by atoms with Crippen LogP contribution in [0.1, 0.15) is 17.0 Å². The zero-order chi connectivity index (χ0) is 16.4. The highest BCUT2D eigenvalue weighted by atomic mass is 32.2. The van der Waals surface area contributed by atoms with E-state index in [2.05, 4.69) is 11.3 Å². The van der Waals surface area contributed by atoms with E-state index in [0.29, 0.717) is 31.0 Å². The number of amides is 1. The van der Waals surface area contributed by atoms with Gasteiger partial charge in [-0.3, -0.25) is 4.79 Å². The minimum Gasteiger partial charge on any atom is -0.451 e. The molecule has 1 aliphatic heterocycles. The van der Waals surface area contributed by atoms with Gasteiger partial charge in [-0.1, -0.05) is 24.8 Å². The lowest BCUT2D eigenvalue weighted by atomic mass is 10.1. The Labute approximate surface area is 134 Å². The third-order valence-electron chi connectivity index (χ3n) is 4.00. The van der Waals surface area contributed by atoms with Crippen LogP contribution in [0.15, 0.2) is 46.7 Å².